The molecule has 21 heavy (non-hydrogen) atoms. The van der Waals surface area contributed by atoms with E-state index in [1.807, 2.05) is 4.57 Å². The van der Waals surface area contributed by atoms with Crippen molar-refractivity contribution in [2.24, 2.45) is 5.92 Å². The molecule has 2 aliphatic rings. The zero-order valence-electron chi connectivity index (χ0n) is 11.7. The monoisotopic (exact) mass is 286 g/mol. The molecule has 1 fully saturated rings. The highest BCUT2D eigenvalue weighted by Gasteiger charge is 2.26. The number of nitrogen functional groups attached to an aromatic ring is 1. The van der Waals surface area contributed by atoms with Crippen molar-refractivity contribution in [2.45, 2.75) is 31.7 Å². The van der Waals surface area contributed by atoms with Crippen molar-refractivity contribution in [1.29, 1.82) is 0 Å². The van der Waals surface area contributed by atoms with Gasteiger partial charge in [0.05, 0.1) is 6.61 Å². The van der Waals surface area contributed by atoms with E-state index in [1.165, 1.54) is 0 Å². The summed E-state index contributed by atoms with van der Waals surface area (Å²) in [5.74, 6) is 1.09. The summed E-state index contributed by atoms with van der Waals surface area (Å²) in [5.41, 5.74) is 8.34. The number of nitrogens with one attached hydrogen (secondary N) is 1. The number of anilines is 2. The van der Waals surface area contributed by atoms with Gasteiger partial charge in [-0.25, -0.2) is 4.98 Å². The number of aliphatic hydroxyl groups excluding tert-OH is 1. The van der Waals surface area contributed by atoms with E-state index in [2.05, 4.69) is 26.3 Å². The molecule has 2 aromatic rings. The van der Waals surface area contributed by atoms with Crippen LogP contribution >= 0.6 is 0 Å². The molecule has 7 heteroatoms. The van der Waals surface area contributed by atoms with Crippen LogP contribution in [0.5, 0.6) is 0 Å². The first-order chi connectivity index (χ1) is 10.3. The topological polar surface area (TPSA) is 102 Å². The minimum Gasteiger partial charge on any atom is -0.396 e. The highest BCUT2D eigenvalue weighted by atomic mass is 16.3. The van der Waals surface area contributed by atoms with Gasteiger partial charge in [0.2, 0.25) is 5.95 Å². The molecule has 1 atom stereocenters. The van der Waals surface area contributed by atoms with E-state index in [1.54, 1.807) is 6.33 Å². The fourth-order valence-electron chi connectivity index (χ4n) is 2.85. The molecule has 0 radical (unpaired) electrons. The maximum absolute atomic E-state index is 9.50. The van der Waals surface area contributed by atoms with E-state index >= 15 is 0 Å². The lowest BCUT2D eigenvalue weighted by Gasteiger charge is -2.13. The van der Waals surface area contributed by atoms with Crippen LogP contribution in [0.1, 0.15) is 25.7 Å². The Morgan fingerprint density at radius 2 is 2.19 bits per heavy atom. The summed E-state index contributed by atoms with van der Waals surface area (Å²) in [6.45, 7) is 0.138. The largest absolute Gasteiger partial charge is 0.396 e. The van der Waals surface area contributed by atoms with Gasteiger partial charge in [0.1, 0.15) is 6.33 Å². The second kappa shape index (κ2) is 4.70. The number of hydrogen-bond acceptors (Lipinski definition) is 6. The molecule has 0 spiro atoms. The van der Waals surface area contributed by atoms with Gasteiger partial charge in [-0.3, -0.25) is 4.57 Å². The Morgan fingerprint density at radius 1 is 1.33 bits per heavy atom. The quantitative estimate of drug-likeness (QED) is 0.781. The Hall–Kier alpha value is -2.15. The van der Waals surface area contributed by atoms with Crippen molar-refractivity contribution in [1.82, 2.24) is 19.5 Å². The van der Waals surface area contributed by atoms with Gasteiger partial charge in [0.15, 0.2) is 17.0 Å². The molecule has 0 aromatic carbocycles. The van der Waals surface area contributed by atoms with E-state index in [0.717, 1.165) is 36.9 Å². The molecule has 2 heterocycles. The third-order valence-electron chi connectivity index (χ3n) is 4.12. The summed E-state index contributed by atoms with van der Waals surface area (Å²) in [6.07, 6.45) is 8.12. The molecule has 110 valence electrons. The number of aliphatic hydroxyl groups is 1. The zero-order valence-corrected chi connectivity index (χ0v) is 11.7. The van der Waals surface area contributed by atoms with Crippen LogP contribution in [0, 0.1) is 5.92 Å². The number of nitrogens with two attached hydrogens (primary N) is 1. The Balaban J connectivity index is 1.82. The third-order valence-corrected chi connectivity index (χ3v) is 4.12. The molecule has 0 bridgehead atoms. The first-order valence-corrected chi connectivity index (χ1v) is 7.34. The van der Waals surface area contributed by atoms with Crippen LogP contribution in [0.4, 0.5) is 11.8 Å². The van der Waals surface area contributed by atoms with E-state index in [-0.39, 0.29) is 18.5 Å². The molecule has 4 rings (SSSR count). The highest BCUT2D eigenvalue weighted by Crippen LogP contribution is 2.33. The lowest BCUT2D eigenvalue weighted by Crippen LogP contribution is -2.11. The Labute approximate surface area is 121 Å². The standard InChI is InChI=1S/C14H18N6O/c15-14-18-12(17-9-4-5-9)11-13(19-14)20(7-16-11)10-3-1-2-8(10)6-21/h3,7-9,21H,1-2,4-6H2,(H3,15,17,18,19). The number of aromatic nitrogens is 4. The number of nitrogens with zero attached hydrogens (tertiary/aromatic N) is 4. The predicted molar refractivity (Wildman–Crippen MR) is 80.5 cm³/mol. The Bertz CT molecular complexity index is 718. The number of allylic oxidation sites excluding steroid dienone is 1. The minimum atomic E-state index is 0.137. The number of fused-ring (bicyclic) bond motifs is 1. The molecule has 2 aliphatic carbocycles. The van der Waals surface area contributed by atoms with Gasteiger partial charge in [-0.2, -0.15) is 9.97 Å². The molecular weight excluding hydrogens is 268 g/mol. The van der Waals surface area contributed by atoms with Crippen molar-refractivity contribution in [2.75, 3.05) is 17.7 Å². The average molecular weight is 286 g/mol. The minimum absolute atomic E-state index is 0.137. The van der Waals surface area contributed by atoms with E-state index in [4.69, 9.17) is 5.73 Å². The number of hydrogen-bond donors (Lipinski definition) is 3. The van der Waals surface area contributed by atoms with Gasteiger partial charge in [-0.15, -0.1) is 0 Å². The van der Waals surface area contributed by atoms with Crippen molar-refractivity contribution < 1.29 is 5.11 Å². The summed E-state index contributed by atoms with van der Waals surface area (Å²) in [6, 6.07) is 0.475. The lowest BCUT2D eigenvalue weighted by molar-refractivity contribution is 0.253. The summed E-state index contributed by atoms with van der Waals surface area (Å²) < 4.78 is 1.93. The van der Waals surface area contributed by atoms with Crippen LogP contribution in [-0.2, 0) is 0 Å². The summed E-state index contributed by atoms with van der Waals surface area (Å²) in [5, 5.41) is 12.9. The molecule has 1 saturated carbocycles. The van der Waals surface area contributed by atoms with E-state index < -0.39 is 0 Å². The van der Waals surface area contributed by atoms with Gasteiger partial charge >= 0.3 is 0 Å². The number of imidazole rings is 1. The second-order valence-corrected chi connectivity index (χ2v) is 5.72. The summed E-state index contributed by atoms with van der Waals surface area (Å²) in [4.78, 5) is 13.1. The molecule has 2 aromatic heterocycles. The molecule has 4 N–H and O–H groups in total. The first-order valence-electron chi connectivity index (χ1n) is 7.34. The molecule has 7 nitrogen and oxygen atoms in total. The average Bonchev–Trinajstić information content (AvgIpc) is 3.01. The van der Waals surface area contributed by atoms with Gasteiger partial charge in [-0.05, 0) is 25.7 Å². The molecular formula is C14H18N6O. The van der Waals surface area contributed by atoms with Crippen molar-refractivity contribution >= 4 is 28.6 Å². The highest BCUT2D eigenvalue weighted by molar-refractivity contribution is 5.86. The van der Waals surface area contributed by atoms with Crippen LogP contribution in [0.15, 0.2) is 12.4 Å². The zero-order chi connectivity index (χ0) is 14.4. The molecule has 0 aliphatic heterocycles. The Morgan fingerprint density at radius 3 is 2.95 bits per heavy atom. The van der Waals surface area contributed by atoms with Crippen molar-refractivity contribution in [3.63, 3.8) is 0 Å². The fraction of sp³-hybridized carbons (Fsp3) is 0.500. The smallest absolute Gasteiger partial charge is 0.224 e. The molecule has 0 amide bonds. The van der Waals surface area contributed by atoms with E-state index in [9.17, 15) is 5.11 Å². The number of rotatable bonds is 4. The normalized spacial score (nSPS) is 21.8. The third kappa shape index (κ3) is 2.13. The van der Waals surface area contributed by atoms with Crippen LogP contribution in [0.25, 0.3) is 16.9 Å². The summed E-state index contributed by atoms with van der Waals surface area (Å²) in [7, 11) is 0. The van der Waals surface area contributed by atoms with Gasteiger partial charge in [-0.1, -0.05) is 6.08 Å². The first kappa shape index (κ1) is 12.6. The van der Waals surface area contributed by atoms with Gasteiger partial charge in [0.25, 0.3) is 0 Å². The summed E-state index contributed by atoms with van der Waals surface area (Å²) >= 11 is 0. The second-order valence-electron chi connectivity index (χ2n) is 5.72. The van der Waals surface area contributed by atoms with Crippen LogP contribution in [0.2, 0.25) is 0 Å². The van der Waals surface area contributed by atoms with Gasteiger partial charge < -0.3 is 16.2 Å². The molecule has 1 unspecified atom stereocenters. The fourth-order valence-corrected chi connectivity index (χ4v) is 2.85. The maximum atomic E-state index is 9.50. The van der Waals surface area contributed by atoms with Crippen LogP contribution in [0.3, 0.4) is 0 Å². The van der Waals surface area contributed by atoms with Crippen molar-refractivity contribution in [3.05, 3.63) is 12.4 Å². The Kier molecular flexibility index (Phi) is 2.81. The van der Waals surface area contributed by atoms with Crippen LogP contribution < -0.4 is 11.1 Å². The van der Waals surface area contributed by atoms with E-state index in [0.29, 0.717) is 17.5 Å². The maximum Gasteiger partial charge on any atom is 0.224 e. The van der Waals surface area contributed by atoms with Crippen LogP contribution in [-0.4, -0.2) is 37.3 Å². The SMILES string of the molecule is Nc1nc(NC2CC2)c2ncn(C3=CCCC3CO)c2n1. The van der Waals surface area contributed by atoms with Gasteiger partial charge in [0, 0.05) is 17.7 Å². The lowest BCUT2D eigenvalue weighted by atomic mass is 10.1. The molecule has 0 saturated heterocycles. The van der Waals surface area contributed by atoms with Crippen molar-refractivity contribution in [3.8, 4) is 0 Å². The predicted octanol–water partition coefficient (Wildman–Crippen LogP) is 1.23.